The van der Waals surface area contributed by atoms with E-state index in [0.29, 0.717) is 0 Å². The highest BCUT2D eigenvalue weighted by Gasteiger charge is 1.80. The smallest absolute Gasteiger partial charge is 0.0195 e. The third kappa shape index (κ3) is 53.4. The van der Waals surface area contributed by atoms with Gasteiger partial charge in [-0.1, -0.05) is 105 Å². The zero-order chi connectivity index (χ0) is 13.8. The van der Waals surface area contributed by atoms with Gasteiger partial charge in [0.05, 0.1) is 0 Å². The Balaban J connectivity index is -0.0000000350. The molecule has 0 aliphatic carbocycles. The van der Waals surface area contributed by atoms with Gasteiger partial charge < -0.3 is 11.5 Å². The number of unbranched alkanes of at least 4 members (excludes halogenated alkanes) is 4. The minimum absolute atomic E-state index is 0. The molecule has 0 saturated carbocycles. The summed E-state index contributed by atoms with van der Waals surface area (Å²) < 4.78 is 0. The molecule has 0 atom stereocenters. The molecule has 126 valence electrons. The van der Waals surface area contributed by atoms with Crippen molar-refractivity contribution in [3.63, 3.8) is 0 Å². The maximum atomic E-state index is 4.50. The van der Waals surface area contributed by atoms with Crippen LogP contribution in [0, 0.1) is 0 Å². The zero-order valence-corrected chi connectivity index (χ0v) is 12.2. The number of benzene rings is 1. The molecular formula is C18H44N2. The van der Waals surface area contributed by atoms with E-state index in [1.165, 1.54) is 46.2 Å². The Morgan fingerprint density at radius 1 is 0.500 bits per heavy atom. The van der Waals surface area contributed by atoms with E-state index in [0.717, 1.165) is 0 Å². The van der Waals surface area contributed by atoms with E-state index in [-0.39, 0.29) is 22.3 Å². The Kier molecular flexibility index (Phi) is 94.5. The van der Waals surface area contributed by atoms with Crippen LogP contribution < -0.4 is 11.5 Å². The van der Waals surface area contributed by atoms with Crippen LogP contribution in [-0.4, -0.2) is 14.1 Å². The SMILES string of the molecule is C.C.C.CCCCCCC.CN.CN.c1ccccc1. The highest BCUT2D eigenvalue weighted by Crippen LogP contribution is 2.00. The van der Waals surface area contributed by atoms with Crippen molar-refractivity contribution >= 4 is 0 Å². The van der Waals surface area contributed by atoms with Crippen molar-refractivity contribution < 1.29 is 0 Å². The summed E-state index contributed by atoms with van der Waals surface area (Å²) in [6.07, 6.45) is 7.01. The van der Waals surface area contributed by atoms with E-state index in [1.807, 2.05) is 36.4 Å². The zero-order valence-electron chi connectivity index (χ0n) is 12.2. The molecule has 0 unspecified atom stereocenters. The van der Waals surface area contributed by atoms with Gasteiger partial charge >= 0.3 is 0 Å². The predicted octanol–water partition coefficient (Wildman–Crippen LogP) is 5.72. The summed E-state index contributed by atoms with van der Waals surface area (Å²) >= 11 is 0. The average molecular weight is 289 g/mol. The monoisotopic (exact) mass is 288 g/mol. The second-order valence-electron chi connectivity index (χ2n) is 3.22. The largest absolute Gasteiger partial charge is 0.333 e. The Bertz CT molecular complexity index is 134. The van der Waals surface area contributed by atoms with Crippen LogP contribution >= 0.6 is 0 Å². The van der Waals surface area contributed by atoms with Gasteiger partial charge in [-0.2, -0.15) is 0 Å². The van der Waals surface area contributed by atoms with E-state index in [4.69, 9.17) is 0 Å². The van der Waals surface area contributed by atoms with Gasteiger partial charge in [-0.25, -0.2) is 0 Å². The Labute approximate surface area is 131 Å². The number of hydrogen-bond acceptors (Lipinski definition) is 2. The summed E-state index contributed by atoms with van der Waals surface area (Å²) in [5.41, 5.74) is 9.00. The molecule has 0 aromatic heterocycles. The molecule has 0 fully saturated rings. The van der Waals surface area contributed by atoms with Gasteiger partial charge in [0.15, 0.2) is 0 Å². The van der Waals surface area contributed by atoms with Gasteiger partial charge in [-0.3, -0.25) is 0 Å². The fraction of sp³-hybridized carbons (Fsp3) is 0.667. The molecule has 0 heterocycles. The van der Waals surface area contributed by atoms with Crippen molar-refractivity contribution in [3.05, 3.63) is 36.4 Å². The van der Waals surface area contributed by atoms with Gasteiger partial charge in [-0.05, 0) is 14.1 Å². The second-order valence-corrected chi connectivity index (χ2v) is 3.22. The molecule has 0 saturated heterocycles. The van der Waals surface area contributed by atoms with Gasteiger partial charge in [0, 0.05) is 0 Å². The molecule has 1 aromatic carbocycles. The van der Waals surface area contributed by atoms with Gasteiger partial charge in [-0.15, -0.1) is 0 Å². The molecule has 2 nitrogen and oxygen atoms in total. The van der Waals surface area contributed by atoms with E-state index >= 15 is 0 Å². The van der Waals surface area contributed by atoms with E-state index in [1.54, 1.807) is 0 Å². The quantitative estimate of drug-likeness (QED) is 0.696. The molecule has 0 amide bonds. The topological polar surface area (TPSA) is 52.0 Å². The fourth-order valence-electron chi connectivity index (χ4n) is 1.06. The van der Waals surface area contributed by atoms with Crippen molar-refractivity contribution in [1.82, 2.24) is 0 Å². The third-order valence-corrected chi connectivity index (χ3v) is 1.87. The lowest BCUT2D eigenvalue weighted by molar-refractivity contribution is 0.656. The highest BCUT2D eigenvalue weighted by atomic mass is 14.4. The summed E-state index contributed by atoms with van der Waals surface area (Å²) in [5, 5.41) is 0. The van der Waals surface area contributed by atoms with Crippen LogP contribution in [0.1, 0.15) is 68.2 Å². The van der Waals surface area contributed by atoms with Crippen molar-refractivity contribution in [2.24, 2.45) is 11.5 Å². The normalized spacial score (nSPS) is 6.30. The Morgan fingerprint density at radius 2 is 0.700 bits per heavy atom. The molecule has 0 aliphatic rings. The first-order valence-electron chi connectivity index (χ1n) is 6.57. The van der Waals surface area contributed by atoms with Gasteiger partial charge in [0.1, 0.15) is 0 Å². The first-order valence-corrected chi connectivity index (χ1v) is 6.57. The molecule has 2 heteroatoms. The fourth-order valence-corrected chi connectivity index (χ4v) is 1.06. The first-order chi connectivity index (χ1) is 8.41. The molecule has 0 radical (unpaired) electrons. The van der Waals surface area contributed by atoms with Crippen LogP contribution in [0.5, 0.6) is 0 Å². The van der Waals surface area contributed by atoms with Crippen molar-refractivity contribution in [2.45, 2.75) is 68.2 Å². The van der Waals surface area contributed by atoms with Crippen LogP contribution in [0.3, 0.4) is 0 Å². The van der Waals surface area contributed by atoms with Crippen LogP contribution in [0.25, 0.3) is 0 Å². The minimum atomic E-state index is 0. The van der Waals surface area contributed by atoms with E-state index < -0.39 is 0 Å². The summed E-state index contributed by atoms with van der Waals surface area (Å²) in [6.45, 7) is 4.49. The molecule has 4 N–H and O–H groups in total. The summed E-state index contributed by atoms with van der Waals surface area (Å²) in [5.74, 6) is 0. The second kappa shape index (κ2) is 51.8. The van der Waals surface area contributed by atoms with Crippen LogP contribution in [-0.2, 0) is 0 Å². The summed E-state index contributed by atoms with van der Waals surface area (Å²) in [6, 6.07) is 12.0. The molecular weight excluding hydrogens is 244 g/mol. The lowest BCUT2D eigenvalue weighted by Crippen LogP contribution is -1.70. The van der Waals surface area contributed by atoms with E-state index in [2.05, 4.69) is 25.3 Å². The molecule has 1 rings (SSSR count). The average Bonchev–Trinajstić information content (AvgIpc) is 2.46. The number of nitrogens with two attached hydrogens (primary N) is 2. The Hall–Kier alpha value is -0.860. The highest BCUT2D eigenvalue weighted by molar-refractivity contribution is 4.99. The number of hydrogen-bond donors (Lipinski definition) is 2. The minimum Gasteiger partial charge on any atom is -0.333 e. The van der Waals surface area contributed by atoms with Crippen LogP contribution in [0.2, 0.25) is 0 Å². The van der Waals surface area contributed by atoms with E-state index in [9.17, 15) is 0 Å². The third-order valence-electron chi connectivity index (χ3n) is 1.87. The maximum Gasteiger partial charge on any atom is -0.0195 e. The standard InChI is InChI=1S/C7H16.C6H6.2CH5N.3CH4/c1-3-5-7-6-4-2;1-2-4-6-5-3-1;2*1-2;;;/h3-7H2,1-2H3;1-6H;2*2H2,1H3;3*1H4. The predicted molar refractivity (Wildman–Crippen MR) is 101 cm³/mol. The summed E-state index contributed by atoms with van der Waals surface area (Å²) in [4.78, 5) is 0. The van der Waals surface area contributed by atoms with Crippen LogP contribution in [0.4, 0.5) is 0 Å². The van der Waals surface area contributed by atoms with Crippen molar-refractivity contribution in [1.29, 1.82) is 0 Å². The number of rotatable bonds is 4. The molecule has 0 aliphatic heterocycles. The van der Waals surface area contributed by atoms with Gasteiger partial charge in [0.2, 0.25) is 0 Å². The van der Waals surface area contributed by atoms with Crippen LogP contribution in [0.15, 0.2) is 36.4 Å². The van der Waals surface area contributed by atoms with Crippen molar-refractivity contribution in [3.8, 4) is 0 Å². The lowest BCUT2D eigenvalue weighted by atomic mass is 10.2. The molecule has 0 bridgehead atoms. The summed E-state index contributed by atoms with van der Waals surface area (Å²) in [7, 11) is 3.00. The molecule has 0 spiro atoms. The molecule has 20 heavy (non-hydrogen) atoms. The lowest BCUT2D eigenvalue weighted by Gasteiger charge is -1.90. The van der Waals surface area contributed by atoms with Gasteiger partial charge in [0.25, 0.3) is 0 Å². The Morgan fingerprint density at radius 3 is 0.850 bits per heavy atom. The first kappa shape index (κ1) is 36.5. The maximum absolute atomic E-state index is 4.50. The molecule has 1 aromatic rings. The van der Waals surface area contributed by atoms with Crippen molar-refractivity contribution in [2.75, 3.05) is 14.1 Å².